The molecule has 5 heteroatoms. The maximum absolute atomic E-state index is 12.6. The Morgan fingerprint density at radius 3 is 2.63 bits per heavy atom. The number of nitrogens with zero attached hydrogens (tertiary/aromatic N) is 1. The molecule has 3 atom stereocenters. The molecule has 5 nitrogen and oxygen atoms in total. The highest BCUT2D eigenvalue weighted by atomic mass is 16.5. The number of nitrogens with one attached hydrogen (secondary N) is 1. The van der Waals surface area contributed by atoms with Gasteiger partial charge in [-0.2, -0.15) is 0 Å². The topological polar surface area (TPSA) is 61.8 Å². The van der Waals surface area contributed by atoms with E-state index in [0.717, 1.165) is 18.5 Å². The molecule has 2 N–H and O–H groups in total. The van der Waals surface area contributed by atoms with Crippen LogP contribution in [-0.4, -0.2) is 35.6 Å². The number of ether oxygens (including phenoxy) is 1. The van der Waals surface area contributed by atoms with Crippen LogP contribution in [0, 0.1) is 5.41 Å². The average molecular weight is 409 g/mol. The molecule has 0 bridgehead atoms. The number of anilines is 1. The summed E-state index contributed by atoms with van der Waals surface area (Å²) in [6, 6.07) is 15.1. The van der Waals surface area contributed by atoms with Crippen LogP contribution in [-0.2, 0) is 0 Å². The summed E-state index contributed by atoms with van der Waals surface area (Å²) >= 11 is 0. The van der Waals surface area contributed by atoms with Crippen LogP contribution in [0.1, 0.15) is 67.6 Å². The molecule has 1 aliphatic heterocycles. The number of rotatable bonds is 5. The van der Waals surface area contributed by atoms with Crippen molar-refractivity contribution in [2.45, 2.75) is 57.7 Å². The van der Waals surface area contributed by atoms with Crippen LogP contribution >= 0.6 is 0 Å². The fourth-order valence-corrected chi connectivity index (χ4v) is 5.31. The number of carbonyl (C=O) groups is 1. The molecule has 30 heavy (non-hydrogen) atoms. The molecule has 1 saturated carbocycles. The summed E-state index contributed by atoms with van der Waals surface area (Å²) in [6.07, 6.45) is 6.77. The average Bonchev–Trinajstić information content (AvgIpc) is 2.78. The van der Waals surface area contributed by atoms with Gasteiger partial charge in [0.05, 0.1) is 12.7 Å². The Balaban J connectivity index is 1.46. The van der Waals surface area contributed by atoms with Crippen LogP contribution in [0.5, 0.6) is 5.75 Å². The first-order valence-electron chi connectivity index (χ1n) is 11.0. The van der Waals surface area contributed by atoms with E-state index in [9.17, 15) is 9.90 Å². The van der Waals surface area contributed by atoms with Gasteiger partial charge in [-0.05, 0) is 60.9 Å². The SMILES string of the molecule is COc1ccccc1C(=O)Nc1ccc(C(O)N2CCC[C@@]3(C)CCCC[C@H]23)cc1. The van der Waals surface area contributed by atoms with Gasteiger partial charge in [-0.25, -0.2) is 0 Å². The van der Waals surface area contributed by atoms with Gasteiger partial charge in [-0.3, -0.25) is 9.69 Å². The lowest BCUT2D eigenvalue weighted by atomic mass is 9.66. The molecule has 2 aromatic rings. The van der Waals surface area contributed by atoms with Gasteiger partial charge in [0.2, 0.25) is 0 Å². The van der Waals surface area contributed by atoms with Gasteiger partial charge in [-0.15, -0.1) is 0 Å². The van der Waals surface area contributed by atoms with Crippen molar-refractivity contribution >= 4 is 11.6 Å². The van der Waals surface area contributed by atoms with Crippen molar-refractivity contribution in [1.82, 2.24) is 4.90 Å². The lowest BCUT2D eigenvalue weighted by molar-refractivity contribution is -0.104. The van der Waals surface area contributed by atoms with Crippen molar-refractivity contribution in [2.75, 3.05) is 19.0 Å². The van der Waals surface area contributed by atoms with Crippen molar-refractivity contribution in [3.05, 3.63) is 59.7 Å². The fraction of sp³-hybridized carbons (Fsp3) is 0.480. The normalized spacial score (nSPS) is 25.2. The van der Waals surface area contributed by atoms with Crippen LogP contribution in [0.15, 0.2) is 48.5 Å². The van der Waals surface area contributed by atoms with E-state index in [4.69, 9.17) is 4.74 Å². The Morgan fingerprint density at radius 2 is 1.87 bits per heavy atom. The smallest absolute Gasteiger partial charge is 0.259 e. The number of benzene rings is 2. The van der Waals surface area contributed by atoms with Crippen LogP contribution in [0.2, 0.25) is 0 Å². The number of methoxy groups -OCH3 is 1. The second kappa shape index (κ2) is 8.78. The number of hydrogen-bond acceptors (Lipinski definition) is 4. The number of piperidine rings is 1. The second-order valence-corrected chi connectivity index (χ2v) is 8.91. The molecule has 2 fully saturated rings. The van der Waals surface area contributed by atoms with E-state index in [1.807, 2.05) is 36.4 Å². The summed E-state index contributed by atoms with van der Waals surface area (Å²) in [6.45, 7) is 3.33. The lowest BCUT2D eigenvalue weighted by Crippen LogP contribution is -2.53. The molecule has 0 spiro atoms. The van der Waals surface area contributed by atoms with Crippen LogP contribution in [0.25, 0.3) is 0 Å². The first-order chi connectivity index (χ1) is 14.5. The second-order valence-electron chi connectivity index (χ2n) is 8.91. The number of aliphatic hydroxyl groups excluding tert-OH is 1. The van der Waals surface area contributed by atoms with Gasteiger partial charge < -0.3 is 15.2 Å². The third kappa shape index (κ3) is 4.09. The van der Waals surface area contributed by atoms with E-state index < -0.39 is 6.23 Å². The molecule has 1 heterocycles. The number of amides is 1. The van der Waals surface area contributed by atoms with Gasteiger partial charge in [-0.1, -0.05) is 44.0 Å². The zero-order valence-corrected chi connectivity index (χ0v) is 17.9. The standard InChI is InChI=1S/C25H32N2O3/c1-25-15-6-5-10-22(25)27(17-7-16-25)24(29)18-11-13-19(14-12-18)26-23(28)20-8-3-4-9-21(20)30-2/h3-4,8-9,11-14,22,24,29H,5-7,10,15-17H2,1-2H3,(H,26,28)/t22-,24?,25+/m0/s1. The first kappa shape index (κ1) is 20.9. The lowest BCUT2D eigenvalue weighted by Gasteiger charge is -2.52. The number of hydrogen-bond donors (Lipinski definition) is 2. The highest BCUT2D eigenvalue weighted by Crippen LogP contribution is 2.47. The third-order valence-corrected chi connectivity index (χ3v) is 6.98. The first-order valence-corrected chi connectivity index (χ1v) is 11.0. The molecular formula is C25H32N2O3. The minimum Gasteiger partial charge on any atom is -0.496 e. The minimum absolute atomic E-state index is 0.213. The van der Waals surface area contributed by atoms with E-state index in [0.29, 0.717) is 28.5 Å². The van der Waals surface area contributed by atoms with E-state index in [1.165, 1.54) is 32.1 Å². The highest BCUT2D eigenvalue weighted by Gasteiger charge is 2.44. The molecule has 1 aliphatic carbocycles. The van der Waals surface area contributed by atoms with Crippen LogP contribution in [0.4, 0.5) is 5.69 Å². The summed E-state index contributed by atoms with van der Waals surface area (Å²) in [7, 11) is 1.56. The van der Waals surface area contributed by atoms with E-state index in [1.54, 1.807) is 19.2 Å². The molecule has 4 rings (SSSR count). The number of likely N-dealkylation sites (tertiary alicyclic amines) is 1. The quantitative estimate of drug-likeness (QED) is 0.732. The number of para-hydroxylation sites is 1. The molecule has 160 valence electrons. The van der Waals surface area contributed by atoms with Crippen molar-refractivity contribution in [3.8, 4) is 5.75 Å². The molecule has 2 aromatic carbocycles. The predicted molar refractivity (Wildman–Crippen MR) is 119 cm³/mol. The van der Waals surface area contributed by atoms with Gasteiger partial charge in [0, 0.05) is 18.3 Å². The Labute approximate surface area is 179 Å². The van der Waals surface area contributed by atoms with Crippen LogP contribution in [0.3, 0.4) is 0 Å². The Hall–Kier alpha value is -2.37. The van der Waals surface area contributed by atoms with Crippen LogP contribution < -0.4 is 10.1 Å². The zero-order valence-electron chi connectivity index (χ0n) is 17.9. The molecule has 0 aromatic heterocycles. The molecule has 0 radical (unpaired) electrons. The molecular weight excluding hydrogens is 376 g/mol. The molecule has 1 saturated heterocycles. The van der Waals surface area contributed by atoms with Gasteiger partial charge in [0.1, 0.15) is 12.0 Å². The number of fused-ring (bicyclic) bond motifs is 1. The molecule has 2 aliphatic rings. The molecule has 1 unspecified atom stereocenters. The van der Waals surface area contributed by atoms with E-state index in [-0.39, 0.29) is 5.91 Å². The Kier molecular flexibility index (Phi) is 6.11. The van der Waals surface area contributed by atoms with Gasteiger partial charge in [0.25, 0.3) is 5.91 Å². The number of carbonyl (C=O) groups excluding carboxylic acids is 1. The van der Waals surface area contributed by atoms with E-state index >= 15 is 0 Å². The van der Waals surface area contributed by atoms with Crippen molar-refractivity contribution in [2.24, 2.45) is 5.41 Å². The van der Waals surface area contributed by atoms with E-state index in [2.05, 4.69) is 17.1 Å². The third-order valence-electron chi connectivity index (χ3n) is 6.98. The highest BCUT2D eigenvalue weighted by molar-refractivity contribution is 6.06. The largest absolute Gasteiger partial charge is 0.496 e. The Bertz CT molecular complexity index is 878. The number of aliphatic hydroxyl groups is 1. The summed E-state index contributed by atoms with van der Waals surface area (Å²) in [5.74, 6) is 0.331. The summed E-state index contributed by atoms with van der Waals surface area (Å²) in [4.78, 5) is 14.9. The summed E-state index contributed by atoms with van der Waals surface area (Å²) in [5, 5.41) is 14.1. The fourth-order valence-electron chi connectivity index (χ4n) is 5.31. The molecule has 1 amide bonds. The minimum atomic E-state index is -0.605. The summed E-state index contributed by atoms with van der Waals surface area (Å²) < 4.78 is 5.27. The van der Waals surface area contributed by atoms with Crippen molar-refractivity contribution in [1.29, 1.82) is 0 Å². The summed E-state index contributed by atoms with van der Waals surface area (Å²) in [5.41, 5.74) is 2.39. The van der Waals surface area contributed by atoms with Crippen molar-refractivity contribution < 1.29 is 14.6 Å². The van der Waals surface area contributed by atoms with Gasteiger partial charge in [0.15, 0.2) is 0 Å². The monoisotopic (exact) mass is 408 g/mol. The predicted octanol–water partition coefficient (Wildman–Crippen LogP) is 4.98. The maximum Gasteiger partial charge on any atom is 0.259 e. The van der Waals surface area contributed by atoms with Crippen molar-refractivity contribution in [3.63, 3.8) is 0 Å². The maximum atomic E-state index is 12.6. The zero-order chi connectivity index (χ0) is 21.1. The van der Waals surface area contributed by atoms with Gasteiger partial charge >= 0.3 is 0 Å². The Morgan fingerprint density at radius 1 is 1.13 bits per heavy atom.